The Labute approximate surface area is 154 Å². The van der Waals surface area contributed by atoms with Crippen molar-refractivity contribution in [2.45, 2.75) is 13.1 Å². The van der Waals surface area contributed by atoms with Crippen molar-refractivity contribution >= 4 is 7.82 Å². The Morgan fingerprint density at radius 3 is 1.74 bits per heavy atom. The highest BCUT2D eigenvalue weighted by Crippen LogP contribution is 2.46. The van der Waals surface area contributed by atoms with Gasteiger partial charge in [-0.25, -0.2) is 4.57 Å². The van der Waals surface area contributed by atoms with E-state index >= 15 is 0 Å². The molecule has 2 aromatic carbocycles. The standard InChI is InChI=1S/C16H17N2O8P/c19-17-7-11-5-13(1-3-15(11)23-9-17)25-27(21,22)26-14-2-4-16-12(6-14)8-18(20)10-24-16/h1-6,19-20H,7-10H2,(H,21,22). The van der Waals surface area contributed by atoms with Crippen LogP contribution in [-0.2, 0) is 17.7 Å². The van der Waals surface area contributed by atoms with Crippen LogP contribution in [0.5, 0.6) is 23.0 Å². The van der Waals surface area contributed by atoms with Crippen LogP contribution in [0.4, 0.5) is 0 Å². The van der Waals surface area contributed by atoms with Gasteiger partial charge in [0, 0.05) is 11.1 Å². The highest BCUT2D eigenvalue weighted by Gasteiger charge is 2.27. The first-order valence-corrected chi connectivity index (χ1v) is 9.49. The molecule has 0 aromatic heterocycles. The van der Waals surface area contributed by atoms with Crippen LogP contribution in [0.2, 0.25) is 0 Å². The van der Waals surface area contributed by atoms with Crippen molar-refractivity contribution in [1.82, 2.24) is 10.1 Å². The topological polar surface area (TPSA) is 121 Å². The van der Waals surface area contributed by atoms with E-state index in [1.807, 2.05) is 0 Å². The van der Waals surface area contributed by atoms with Gasteiger partial charge in [0.2, 0.25) is 0 Å². The van der Waals surface area contributed by atoms with E-state index in [9.17, 15) is 19.9 Å². The number of phosphoric acid groups is 1. The summed E-state index contributed by atoms with van der Waals surface area (Å²) in [6.07, 6.45) is 0. The minimum absolute atomic E-state index is 0.0438. The molecule has 0 saturated carbocycles. The van der Waals surface area contributed by atoms with Crippen LogP contribution in [0.15, 0.2) is 36.4 Å². The van der Waals surface area contributed by atoms with Crippen molar-refractivity contribution in [3.8, 4) is 23.0 Å². The summed E-state index contributed by atoms with van der Waals surface area (Å²) in [6.45, 7) is 0.488. The molecule has 0 fully saturated rings. The first-order valence-electron chi connectivity index (χ1n) is 7.99. The number of phosphoric ester groups is 1. The first-order chi connectivity index (χ1) is 12.9. The fourth-order valence-corrected chi connectivity index (χ4v) is 3.61. The number of hydrogen-bond donors (Lipinski definition) is 3. The van der Waals surface area contributed by atoms with Crippen LogP contribution in [0.1, 0.15) is 11.1 Å². The Morgan fingerprint density at radius 2 is 1.30 bits per heavy atom. The molecule has 144 valence electrons. The Kier molecular flexibility index (Phi) is 4.68. The van der Waals surface area contributed by atoms with E-state index in [0.717, 1.165) is 10.1 Å². The van der Waals surface area contributed by atoms with E-state index in [4.69, 9.17) is 18.5 Å². The van der Waals surface area contributed by atoms with Gasteiger partial charge >= 0.3 is 7.82 Å². The Bertz CT molecular complexity index is 838. The molecule has 0 saturated heterocycles. The fraction of sp³-hybridized carbons (Fsp3) is 0.250. The molecule has 2 aliphatic rings. The molecular formula is C16H17N2O8P. The van der Waals surface area contributed by atoms with Crippen LogP contribution in [0, 0.1) is 0 Å². The van der Waals surface area contributed by atoms with Gasteiger partial charge in [-0.2, -0.15) is 10.1 Å². The second-order valence-electron chi connectivity index (χ2n) is 6.07. The van der Waals surface area contributed by atoms with Crippen LogP contribution in [0.3, 0.4) is 0 Å². The van der Waals surface area contributed by atoms with Crippen molar-refractivity contribution in [1.29, 1.82) is 0 Å². The maximum absolute atomic E-state index is 12.3. The molecule has 0 unspecified atom stereocenters. The second kappa shape index (κ2) is 7.01. The molecule has 2 aliphatic heterocycles. The van der Waals surface area contributed by atoms with Gasteiger partial charge in [0.1, 0.15) is 23.0 Å². The summed E-state index contributed by atoms with van der Waals surface area (Å²) < 4.78 is 33.2. The predicted molar refractivity (Wildman–Crippen MR) is 89.6 cm³/mol. The molecule has 4 rings (SSSR count). The Hall–Kier alpha value is -2.33. The highest BCUT2D eigenvalue weighted by molar-refractivity contribution is 7.48. The van der Waals surface area contributed by atoms with Crippen molar-refractivity contribution in [3.05, 3.63) is 47.5 Å². The third kappa shape index (κ3) is 4.16. The molecule has 0 aliphatic carbocycles. The summed E-state index contributed by atoms with van der Waals surface area (Å²) in [6, 6.07) is 9.11. The average molecular weight is 396 g/mol. The van der Waals surface area contributed by atoms with Crippen LogP contribution < -0.4 is 18.5 Å². The molecule has 27 heavy (non-hydrogen) atoms. The molecule has 0 spiro atoms. The number of fused-ring (bicyclic) bond motifs is 2. The van der Waals surface area contributed by atoms with Gasteiger partial charge in [-0.05, 0) is 36.4 Å². The number of hydroxylamine groups is 4. The van der Waals surface area contributed by atoms with E-state index in [1.165, 1.54) is 24.3 Å². The van der Waals surface area contributed by atoms with Gasteiger partial charge in [-0.1, -0.05) is 0 Å². The Morgan fingerprint density at radius 1 is 0.852 bits per heavy atom. The highest BCUT2D eigenvalue weighted by atomic mass is 31.2. The molecular weight excluding hydrogens is 379 g/mol. The third-order valence-electron chi connectivity index (χ3n) is 3.95. The zero-order valence-corrected chi connectivity index (χ0v) is 14.9. The lowest BCUT2D eigenvalue weighted by molar-refractivity contribution is -0.152. The quantitative estimate of drug-likeness (QED) is 0.664. The third-order valence-corrected chi connectivity index (χ3v) is 4.83. The van der Waals surface area contributed by atoms with E-state index in [1.54, 1.807) is 12.1 Å². The summed E-state index contributed by atoms with van der Waals surface area (Å²) in [7, 11) is -4.47. The summed E-state index contributed by atoms with van der Waals surface area (Å²) >= 11 is 0. The molecule has 10 nitrogen and oxygen atoms in total. The van der Waals surface area contributed by atoms with Gasteiger partial charge in [-0.3, -0.25) is 4.89 Å². The lowest BCUT2D eigenvalue weighted by Crippen LogP contribution is -2.28. The SMILES string of the molecule is O=P(O)(Oc1ccc2c(c1)CN(O)CO2)Oc1ccc2c(c1)CN(O)CO2. The maximum Gasteiger partial charge on any atom is 0.584 e. The monoisotopic (exact) mass is 396 g/mol. The number of hydrogen-bond acceptors (Lipinski definition) is 9. The second-order valence-corrected chi connectivity index (χ2v) is 7.37. The summed E-state index contributed by atoms with van der Waals surface area (Å²) in [4.78, 5) is 10.1. The van der Waals surface area contributed by atoms with E-state index in [-0.39, 0.29) is 38.1 Å². The van der Waals surface area contributed by atoms with Gasteiger partial charge < -0.3 is 28.9 Å². The number of ether oxygens (including phenoxy) is 2. The van der Waals surface area contributed by atoms with Gasteiger partial charge in [0.05, 0.1) is 13.1 Å². The van der Waals surface area contributed by atoms with E-state index < -0.39 is 7.82 Å². The molecule has 3 N–H and O–H groups in total. The lowest BCUT2D eigenvalue weighted by Gasteiger charge is -2.25. The van der Waals surface area contributed by atoms with Crippen LogP contribution >= 0.6 is 7.82 Å². The smallest absolute Gasteiger partial charge is 0.476 e. The number of rotatable bonds is 4. The summed E-state index contributed by atoms with van der Waals surface area (Å²) in [5.74, 6) is 1.32. The zero-order valence-electron chi connectivity index (χ0n) is 14.0. The van der Waals surface area contributed by atoms with Crippen molar-refractivity contribution in [3.63, 3.8) is 0 Å². The molecule has 2 heterocycles. The van der Waals surface area contributed by atoms with Crippen molar-refractivity contribution < 1.29 is 38.4 Å². The summed E-state index contributed by atoms with van der Waals surface area (Å²) in [5, 5.41) is 20.9. The van der Waals surface area contributed by atoms with Gasteiger partial charge in [0.15, 0.2) is 13.5 Å². The predicted octanol–water partition coefficient (Wildman–Crippen LogP) is 2.33. The zero-order chi connectivity index (χ0) is 19.0. The average Bonchev–Trinajstić information content (AvgIpc) is 2.60. The normalized spacial score (nSPS) is 17.3. The van der Waals surface area contributed by atoms with Gasteiger partial charge in [-0.15, -0.1) is 0 Å². The maximum atomic E-state index is 12.3. The molecule has 0 bridgehead atoms. The van der Waals surface area contributed by atoms with E-state index in [0.29, 0.717) is 22.6 Å². The minimum Gasteiger partial charge on any atom is -0.476 e. The first kappa shape index (κ1) is 18.1. The number of nitrogens with zero attached hydrogens (tertiary/aromatic N) is 2. The molecule has 0 amide bonds. The van der Waals surface area contributed by atoms with Crippen LogP contribution in [0.25, 0.3) is 0 Å². The summed E-state index contributed by atoms with van der Waals surface area (Å²) in [5.41, 5.74) is 1.21. The minimum atomic E-state index is -4.47. The fourth-order valence-electron chi connectivity index (χ4n) is 2.81. The lowest BCUT2D eigenvalue weighted by atomic mass is 10.2. The van der Waals surface area contributed by atoms with Crippen molar-refractivity contribution in [2.75, 3.05) is 13.5 Å². The molecule has 0 radical (unpaired) electrons. The number of benzene rings is 2. The van der Waals surface area contributed by atoms with E-state index in [2.05, 4.69) is 0 Å². The molecule has 0 atom stereocenters. The largest absolute Gasteiger partial charge is 0.584 e. The molecule has 11 heteroatoms. The van der Waals surface area contributed by atoms with Gasteiger partial charge in [0.25, 0.3) is 0 Å². The van der Waals surface area contributed by atoms with Crippen LogP contribution in [-0.4, -0.2) is 38.9 Å². The molecule has 2 aromatic rings. The Balaban J connectivity index is 1.49. The van der Waals surface area contributed by atoms with Crippen molar-refractivity contribution in [2.24, 2.45) is 0 Å².